The minimum atomic E-state index is -1.65. The molecule has 0 radical (unpaired) electrons. The molecule has 1 heterocycles. The third kappa shape index (κ3) is 16.3. The summed E-state index contributed by atoms with van der Waals surface area (Å²) >= 11 is 0. The first-order valence-corrected chi connectivity index (χ1v) is 16.9. The van der Waals surface area contributed by atoms with Crippen LogP contribution in [-0.4, -0.2) is 110 Å². The van der Waals surface area contributed by atoms with Crippen LogP contribution in [0, 0.1) is 0 Å². The van der Waals surface area contributed by atoms with Crippen molar-refractivity contribution in [3.05, 3.63) is 0 Å². The molecule has 0 aromatic carbocycles. The van der Waals surface area contributed by atoms with Gasteiger partial charge in [-0.05, 0) is 12.8 Å². The lowest BCUT2D eigenvalue weighted by molar-refractivity contribution is -0.303. The Morgan fingerprint density at radius 1 is 0.721 bits per heavy atom. The van der Waals surface area contributed by atoms with Gasteiger partial charge in [0.1, 0.15) is 36.6 Å². The Morgan fingerprint density at radius 3 is 1.74 bits per heavy atom. The molecule has 0 aliphatic carbocycles. The smallest absolute Gasteiger partial charge is 0.249 e. The average molecular weight is 622 g/mol. The summed E-state index contributed by atoms with van der Waals surface area (Å²) in [6.07, 6.45) is 7.06. The molecular formula is C32H63NO10. The molecule has 43 heavy (non-hydrogen) atoms. The van der Waals surface area contributed by atoms with Crippen molar-refractivity contribution in [2.45, 2.75) is 184 Å². The van der Waals surface area contributed by atoms with Crippen LogP contribution in [0.15, 0.2) is 0 Å². The number of carbonyl (C=O) groups is 1. The van der Waals surface area contributed by atoms with Crippen LogP contribution < -0.4 is 5.32 Å². The molecule has 1 fully saturated rings. The normalized spacial score (nSPS) is 25.3. The van der Waals surface area contributed by atoms with Gasteiger partial charge in [0.2, 0.25) is 5.91 Å². The average Bonchev–Trinajstić information content (AvgIpc) is 3.00. The van der Waals surface area contributed by atoms with E-state index in [0.717, 1.165) is 32.1 Å². The van der Waals surface area contributed by atoms with Gasteiger partial charge >= 0.3 is 0 Å². The highest BCUT2D eigenvalue weighted by Crippen LogP contribution is 2.23. The summed E-state index contributed by atoms with van der Waals surface area (Å²) in [7, 11) is 0. The minimum absolute atomic E-state index is 0.263. The van der Waals surface area contributed by atoms with Gasteiger partial charge in [0.15, 0.2) is 6.29 Å². The number of hydrogen-bond donors (Lipinski definition) is 8. The van der Waals surface area contributed by atoms with E-state index in [9.17, 15) is 40.5 Å². The second-order valence-electron chi connectivity index (χ2n) is 12.2. The van der Waals surface area contributed by atoms with E-state index in [1.54, 1.807) is 0 Å². The number of amides is 1. The molecule has 8 N–H and O–H groups in total. The minimum Gasteiger partial charge on any atom is -0.394 e. The maximum Gasteiger partial charge on any atom is 0.249 e. The lowest BCUT2D eigenvalue weighted by atomic mass is 9.98. The van der Waals surface area contributed by atoms with E-state index in [0.29, 0.717) is 19.3 Å². The first kappa shape index (κ1) is 40.1. The third-order valence-electron chi connectivity index (χ3n) is 8.41. The van der Waals surface area contributed by atoms with Gasteiger partial charge in [0.05, 0.1) is 25.4 Å². The van der Waals surface area contributed by atoms with Gasteiger partial charge in [0.25, 0.3) is 0 Å². The molecule has 0 aromatic rings. The van der Waals surface area contributed by atoms with E-state index in [1.165, 1.54) is 57.8 Å². The van der Waals surface area contributed by atoms with Crippen LogP contribution in [-0.2, 0) is 14.3 Å². The zero-order valence-corrected chi connectivity index (χ0v) is 26.7. The number of nitrogens with one attached hydrogen (secondary N) is 1. The zero-order valence-electron chi connectivity index (χ0n) is 26.7. The first-order valence-electron chi connectivity index (χ1n) is 16.9. The number of unbranched alkanes of at least 4 members (excludes halogenated alkanes) is 14. The lowest BCUT2D eigenvalue weighted by Crippen LogP contribution is -2.60. The van der Waals surface area contributed by atoms with Crippen molar-refractivity contribution in [2.75, 3.05) is 13.2 Å². The van der Waals surface area contributed by atoms with Gasteiger partial charge in [0, 0.05) is 0 Å². The van der Waals surface area contributed by atoms with Gasteiger partial charge < -0.3 is 50.5 Å². The van der Waals surface area contributed by atoms with Crippen LogP contribution in [0.5, 0.6) is 0 Å². The predicted octanol–water partition coefficient (Wildman–Crippen LogP) is 2.43. The Labute approximate surface area is 259 Å². The van der Waals surface area contributed by atoms with Crippen molar-refractivity contribution in [1.29, 1.82) is 0 Å². The van der Waals surface area contributed by atoms with Gasteiger partial charge in [-0.3, -0.25) is 4.79 Å². The van der Waals surface area contributed by atoms with E-state index in [2.05, 4.69) is 12.2 Å². The van der Waals surface area contributed by atoms with E-state index >= 15 is 0 Å². The van der Waals surface area contributed by atoms with Gasteiger partial charge in [-0.25, -0.2) is 0 Å². The van der Waals surface area contributed by atoms with E-state index < -0.39 is 74.2 Å². The summed E-state index contributed by atoms with van der Waals surface area (Å²) in [6, 6.07) is -1.15. The van der Waals surface area contributed by atoms with Crippen molar-refractivity contribution in [1.82, 2.24) is 5.32 Å². The molecule has 1 amide bonds. The summed E-state index contributed by atoms with van der Waals surface area (Å²) < 4.78 is 10.9. The maximum absolute atomic E-state index is 12.8. The number of carbonyl (C=O) groups excluding carboxylic acids is 1. The Bertz CT molecular complexity index is 685. The van der Waals surface area contributed by atoms with Crippen LogP contribution in [0.2, 0.25) is 0 Å². The van der Waals surface area contributed by atoms with Gasteiger partial charge in [-0.2, -0.15) is 0 Å². The summed E-state index contributed by atoms with van der Waals surface area (Å²) in [4.78, 5) is 12.8. The van der Waals surface area contributed by atoms with Crippen LogP contribution in [0.3, 0.4) is 0 Å². The molecule has 1 rings (SSSR count). The van der Waals surface area contributed by atoms with E-state index in [-0.39, 0.29) is 6.42 Å². The lowest BCUT2D eigenvalue weighted by Gasteiger charge is -2.40. The fourth-order valence-electron chi connectivity index (χ4n) is 5.44. The molecule has 0 bridgehead atoms. The second-order valence-corrected chi connectivity index (χ2v) is 12.2. The highest BCUT2D eigenvalue weighted by molar-refractivity contribution is 5.80. The van der Waals surface area contributed by atoms with Crippen LogP contribution in [0.1, 0.15) is 129 Å². The molecule has 1 aliphatic heterocycles. The van der Waals surface area contributed by atoms with Crippen LogP contribution in [0.4, 0.5) is 0 Å². The number of hydrogen-bond acceptors (Lipinski definition) is 10. The molecule has 256 valence electrons. The maximum atomic E-state index is 12.8. The molecule has 1 aliphatic rings. The zero-order chi connectivity index (χ0) is 32.0. The molecule has 0 saturated carbocycles. The van der Waals surface area contributed by atoms with Crippen molar-refractivity contribution < 1.29 is 50.0 Å². The number of rotatable bonds is 26. The molecule has 9 atom stereocenters. The standard InChI is InChI=1S/C32H63NO10/c1-3-5-7-8-9-10-11-12-13-14-15-16-18-20-25(36)31(41)33-23(27(37)24(35)19-17-6-4-2)22-42-32-30(40)29(39)28(38)26(21-34)43-32/h23-30,32,34-40H,3-22H2,1-2H3,(H,33,41). The van der Waals surface area contributed by atoms with Gasteiger partial charge in [-0.15, -0.1) is 0 Å². The van der Waals surface area contributed by atoms with Crippen molar-refractivity contribution in [2.24, 2.45) is 0 Å². The van der Waals surface area contributed by atoms with Crippen LogP contribution >= 0.6 is 0 Å². The predicted molar refractivity (Wildman–Crippen MR) is 164 cm³/mol. The molecule has 11 heteroatoms. The number of aliphatic hydroxyl groups is 7. The molecule has 11 nitrogen and oxygen atoms in total. The summed E-state index contributed by atoms with van der Waals surface area (Å²) in [6.45, 7) is 3.19. The van der Waals surface area contributed by atoms with Crippen molar-refractivity contribution in [3.63, 3.8) is 0 Å². The van der Waals surface area contributed by atoms with E-state index in [1.807, 2.05) is 6.92 Å². The SMILES string of the molecule is CCCCCCCCCCCCCCCC(O)C(=O)NC(COC1OC(CO)C(O)C(O)C1O)C(O)C(O)CCCCC. The topological polar surface area (TPSA) is 189 Å². The second kappa shape index (κ2) is 24.4. The summed E-state index contributed by atoms with van der Waals surface area (Å²) in [5.74, 6) is -0.707. The summed E-state index contributed by atoms with van der Waals surface area (Å²) in [5.41, 5.74) is 0. The molecule has 1 saturated heterocycles. The van der Waals surface area contributed by atoms with Crippen LogP contribution in [0.25, 0.3) is 0 Å². The third-order valence-corrected chi connectivity index (χ3v) is 8.41. The van der Waals surface area contributed by atoms with E-state index in [4.69, 9.17) is 9.47 Å². The largest absolute Gasteiger partial charge is 0.394 e. The molecule has 0 aromatic heterocycles. The fourth-order valence-corrected chi connectivity index (χ4v) is 5.44. The Balaban J connectivity index is 2.50. The monoisotopic (exact) mass is 621 g/mol. The Morgan fingerprint density at radius 2 is 1.21 bits per heavy atom. The number of ether oxygens (including phenoxy) is 2. The Kier molecular flexibility index (Phi) is 22.7. The Hall–Kier alpha value is -0.890. The van der Waals surface area contributed by atoms with Gasteiger partial charge in [-0.1, -0.05) is 117 Å². The molecular weight excluding hydrogens is 558 g/mol. The van der Waals surface area contributed by atoms with Crippen molar-refractivity contribution in [3.8, 4) is 0 Å². The molecule has 0 spiro atoms. The number of aliphatic hydroxyl groups excluding tert-OH is 7. The quantitative estimate of drug-likeness (QED) is 0.0666. The van der Waals surface area contributed by atoms with Crippen molar-refractivity contribution >= 4 is 5.91 Å². The highest BCUT2D eigenvalue weighted by atomic mass is 16.7. The first-order chi connectivity index (χ1) is 20.7. The summed E-state index contributed by atoms with van der Waals surface area (Å²) in [5, 5.41) is 74.1. The fraction of sp³-hybridized carbons (Fsp3) is 0.969. The molecule has 9 unspecified atom stereocenters. The highest BCUT2D eigenvalue weighted by Gasteiger charge is 2.44.